The Labute approximate surface area is 121 Å². The Kier molecular flexibility index (Phi) is 2.98. The summed E-state index contributed by atoms with van der Waals surface area (Å²) in [5, 5.41) is 2.80. The van der Waals surface area contributed by atoms with E-state index in [1.807, 2.05) is 24.3 Å². The van der Waals surface area contributed by atoms with Crippen LogP contribution in [0.5, 0.6) is 0 Å². The number of rotatable bonds is 2. The van der Waals surface area contributed by atoms with Crippen LogP contribution in [0.3, 0.4) is 0 Å². The van der Waals surface area contributed by atoms with Crippen molar-refractivity contribution >= 4 is 34.6 Å². The smallest absolute Gasteiger partial charge is 0.250 e. The third-order valence-electron chi connectivity index (χ3n) is 3.41. The monoisotopic (exact) mass is 282 g/mol. The molecule has 0 saturated heterocycles. The van der Waals surface area contributed by atoms with Crippen LogP contribution in [0.2, 0.25) is 0 Å². The number of carbonyl (C=O) groups excluding carboxylic acids is 2. The lowest BCUT2D eigenvalue weighted by atomic mass is 10.1. The molecule has 0 saturated carbocycles. The zero-order chi connectivity index (χ0) is 15.0. The maximum Gasteiger partial charge on any atom is 0.250 e. The number of primary amides is 1. The lowest BCUT2D eigenvalue weighted by Gasteiger charge is -2.32. The first kappa shape index (κ1) is 13.0. The molecule has 3 rings (SSSR count). The molecule has 0 aliphatic carbocycles. The Bertz CT molecular complexity index is 742. The van der Waals surface area contributed by atoms with Crippen LogP contribution >= 0.6 is 0 Å². The molecular formula is C15H14N4O2. The fourth-order valence-electron chi connectivity index (χ4n) is 2.45. The molecule has 0 aromatic heterocycles. The molecule has 1 aliphatic rings. The first-order valence-corrected chi connectivity index (χ1v) is 6.42. The maximum atomic E-state index is 11.9. The number of nitrogens with zero attached hydrogens (tertiary/aromatic N) is 1. The molecule has 2 amide bonds. The van der Waals surface area contributed by atoms with E-state index in [9.17, 15) is 9.59 Å². The number of carbonyl (C=O) groups is 2. The summed E-state index contributed by atoms with van der Waals surface area (Å²) in [6, 6.07) is 12.4. The molecule has 5 N–H and O–H groups in total. The highest BCUT2D eigenvalue weighted by molar-refractivity contribution is 6.06. The molecule has 2 aromatic rings. The van der Waals surface area contributed by atoms with Crippen LogP contribution in [0.25, 0.3) is 0 Å². The Morgan fingerprint density at radius 2 is 1.81 bits per heavy atom. The third kappa shape index (κ3) is 2.16. The second kappa shape index (κ2) is 4.82. The van der Waals surface area contributed by atoms with E-state index in [2.05, 4.69) is 5.32 Å². The van der Waals surface area contributed by atoms with Crippen LogP contribution in [0.4, 0.5) is 22.7 Å². The van der Waals surface area contributed by atoms with Crippen molar-refractivity contribution in [2.24, 2.45) is 5.73 Å². The first-order chi connectivity index (χ1) is 10.1. The molecule has 0 bridgehead atoms. The van der Waals surface area contributed by atoms with Crippen molar-refractivity contribution in [1.82, 2.24) is 0 Å². The highest BCUT2D eigenvalue weighted by Crippen LogP contribution is 2.38. The number of nitrogens with one attached hydrogen (secondary N) is 1. The number of hydrogen-bond donors (Lipinski definition) is 3. The largest absolute Gasteiger partial charge is 0.396 e. The van der Waals surface area contributed by atoms with Crippen molar-refractivity contribution in [3.8, 4) is 0 Å². The molecule has 0 fully saturated rings. The van der Waals surface area contributed by atoms with Gasteiger partial charge in [-0.2, -0.15) is 0 Å². The van der Waals surface area contributed by atoms with Crippen molar-refractivity contribution in [3.05, 3.63) is 48.0 Å². The van der Waals surface area contributed by atoms with Crippen LogP contribution in [-0.2, 0) is 4.79 Å². The number of benzene rings is 2. The minimum atomic E-state index is -0.593. The zero-order valence-corrected chi connectivity index (χ0v) is 11.2. The second-order valence-electron chi connectivity index (χ2n) is 4.75. The van der Waals surface area contributed by atoms with Gasteiger partial charge in [0, 0.05) is 0 Å². The van der Waals surface area contributed by atoms with Crippen molar-refractivity contribution < 1.29 is 9.59 Å². The molecule has 1 aliphatic heterocycles. The second-order valence-corrected chi connectivity index (χ2v) is 4.75. The lowest BCUT2D eigenvalue weighted by molar-refractivity contribution is -0.115. The summed E-state index contributed by atoms with van der Waals surface area (Å²) in [5.41, 5.74) is 14.0. The van der Waals surface area contributed by atoms with Gasteiger partial charge in [0.05, 0.1) is 28.3 Å². The van der Waals surface area contributed by atoms with E-state index < -0.39 is 5.91 Å². The van der Waals surface area contributed by atoms with Crippen LogP contribution in [0.15, 0.2) is 42.5 Å². The highest BCUT2D eigenvalue weighted by atomic mass is 16.2. The van der Waals surface area contributed by atoms with Gasteiger partial charge in [0.2, 0.25) is 5.91 Å². The minimum Gasteiger partial charge on any atom is -0.396 e. The number of para-hydroxylation sites is 3. The predicted molar refractivity (Wildman–Crippen MR) is 81.5 cm³/mol. The number of amides is 2. The average Bonchev–Trinajstić information content (AvgIpc) is 2.46. The van der Waals surface area contributed by atoms with Gasteiger partial charge >= 0.3 is 0 Å². The Morgan fingerprint density at radius 3 is 2.57 bits per heavy atom. The van der Waals surface area contributed by atoms with E-state index in [4.69, 9.17) is 11.5 Å². The van der Waals surface area contributed by atoms with Gasteiger partial charge in [-0.05, 0) is 24.3 Å². The summed E-state index contributed by atoms with van der Waals surface area (Å²) < 4.78 is 0. The minimum absolute atomic E-state index is 0.128. The number of hydrogen-bond acceptors (Lipinski definition) is 4. The first-order valence-electron chi connectivity index (χ1n) is 6.42. The van der Waals surface area contributed by atoms with Crippen LogP contribution in [0, 0.1) is 0 Å². The third-order valence-corrected chi connectivity index (χ3v) is 3.41. The molecule has 106 valence electrons. The molecule has 2 aromatic carbocycles. The van der Waals surface area contributed by atoms with E-state index in [1.54, 1.807) is 23.1 Å². The van der Waals surface area contributed by atoms with E-state index >= 15 is 0 Å². The van der Waals surface area contributed by atoms with Crippen molar-refractivity contribution in [3.63, 3.8) is 0 Å². The number of nitrogen functional groups attached to an aromatic ring is 1. The fourth-order valence-corrected chi connectivity index (χ4v) is 2.45. The SMILES string of the molecule is NC(=O)c1cccc(N2CC(=O)Nc3ccccc32)c1N. The summed E-state index contributed by atoms with van der Waals surface area (Å²) in [7, 11) is 0. The summed E-state index contributed by atoms with van der Waals surface area (Å²) in [6.07, 6.45) is 0. The normalized spacial score (nSPS) is 13.5. The topological polar surface area (TPSA) is 101 Å². The quantitative estimate of drug-likeness (QED) is 0.726. The van der Waals surface area contributed by atoms with Crippen molar-refractivity contribution in [2.45, 2.75) is 0 Å². The average molecular weight is 282 g/mol. The zero-order valence-electron chi connectivity index (χ0n) is 11.2. The molecule has 0 unspecified atom stereocenters. The molecule has 21 heavy (non-hydrogen) atoms. The van der Waals surface area contributed by atoms with Gasteiger partial charge in [0.25, 0.3) is 5.91 Å². The van der Waals surface area contributed by atoms with Gasteiger partial charge in [-0.3, -0.25) is 9.59 Å². The van der Waals surface area contributed by atoms with Crippen LogP contribution in [0.1, 0.15) is 10.4 Å². The standard InChI is InChI=1S/C15H14N4O2/c16-14-9(15(17)21)4-3-7-12(14)19-8-13(20)18-10-5-1-2-6-11(10)19/h1-7H,8,16H2,(H2,17,21)(H,18,20). The van der Waals surface area contributed by atoms with E-state index in [0.29, 0.717) is 11.4 Å². The molecule has 0 spiro atoms. The van der Waals surface area contributed by atoms with Gasteiger partial charge in [0.1, 0.15) is 6.54 Å². The summed E-state index contributed by atoms with van der Waals surface area (Å²) in [4.78, 5) is 25.0. The summed E-state index contributed by atoms with van der Waals surface area (Å²) in [5.74, 6) is -0.735. The fraction of sp³-hybridized carbons (Fsp3) is 0.0667. The van der Waals surface area contributed by atoms with Gasteiger partial charge < -0.3 is 21.7 Å². The van der Waals surface area contributed by atoms with Gasteiger partial charge in [-0.25, -0.2) is 0 Å². The van der Waals surface area contributed by atoms with Gasteiger partial charge in [-0.15, -0.1) is 0 Å². The van der Waals surface area contributed by atoms with Gasteiger partial charge in [0.15, 0.2) is 0 Å². The molecule has 6 nitrogen and oxygen atoms in total. The lowest BCUT2D eigenvalue weighted by Crippen LogP contribution is -2.35. The van der Waals surface area contributed by atoms with Crippen LogP contribution in [-0.4, -0.2) is 18.4 Å². The summed E-state index contributed by atoms with van der Waals surface area (Å²) in [6.45, 7) is 0.128. The van der Waals surface area contributed by atoms with Crippen molar-refractivity contribution in [2.75, 3.05) is 22.5 Å². The van der Waals surface area contributed by atoms with E-state index in [0.717, 1.165) is 5.69 Å². The predicted octanol–water partition coefficient (Wildman–Crippen LogP) is 1.46. The number of anilines is 4. The molecule has 0 radical (unpaired) electrons. The molecular weight excluding hydrogens is 268 g/mol. The maximum absolute atomic E-state index is 11.9. The number of fused-ring (bicyclic) bond motifs is 1. The van der Waals surface area contributed by atoms with Crippen molar-refractivity contribution in [1.29, 1.82) is 0 Å². The highest BCUT2D eigenvalue weighted by Gasteiger charge is 2.25. The molecule has 0 atom stereocenters. The Hall–Kier alpha value is -3.02. The van der Waals surface area contributed by atoms with Crippen LogP contribution < -0.4 is 21.7 Å². The van der Waals surface area contributed by atoms with E-state index in [1.165, 1.54) is 0 Å². The summed E-state index contributed by atoms with van der Waals surface area (Å²) >= 11 is 0. The Balaban J connectivity index is 2.15. The molecule has 6 heteroatoms. The molecule has 1 heterocycles. The van der Waals surface area contributed by atoms with Gasteiger partial charge in [-0.1, -0.05) is 18.2 Å². The Morgan fingerprint density at radius 1 is 1.10 bits per heavy atom. The van der Waals surface area contributed by atoms with E-state index in [-0.39, 0.29) is 23.7 Å². The number of nitrogens with two attached hydrogens (primary N) is 2.